The standard InChI is InChI=1S/C12H24N2O2/c1-13-11-5-6-14(10-11)7-9-16-12-4-2-3-8-15-12/h11-13H,2-10H2,1H3. The third kappa shape index (κ3) is 3.70. The van der Waals surface area contributed by atoms with E-state index in [1.165, 1.54) is 25.8 Å². The van der Waals surface area contributed by atoms with E-state index in [9.17, 15) is 0 Å². The van der Waals surface area contributed by atoms with Gasteiger partial charge >= 0.3 is 0 Å². The van der Waals surface area contributed by atoms with Gasteiger partial charge in [-0.25, -0.2) is 0 Å². The van der Waals surface area contributed by atoms with E-state index in [1.807, 2.05) is 7.05 Å². The molecule has 0 aromatic rings. The first-order valence-corrected chi connectivity index (χ1v) is 6.51. The minimum atomic E-state index is 0.0662. The summed E-state index contributed by atoms with van der Waals surface area (Å²) in [6.45, 7) is 5.07. The highest BCUT2D eigenvalue weighted by Gasteiger charge is 2.21. The number of rotatable bonds is 5. The molecule has 2 rings (SSSR count). The van der Waals surface area contributed by atoms with E-state index in [0.717, 1.165) is 32.7 Å². The third-order valence-corrected chi connectivity index (χ3v) is 3.53. The maximum atomic E-state index is 5.73. The van der Waals surface area contributed by atoms with Gasteiger partial charge in [-0.2, -0.15) is 0 Å². The molecule has 0 saturated carbocycles. The zero-order valence-electron chi connectivity index (χ0n) is 10.3. The maximum Gasteiger partial charge on any atom is 0.157 e. The molecule has 0 aromatic carbocycles. The number of hydrogen-bond acceptors (Lipinski definition) is 4. The maximum absolute atomic E-state index is 5.73. The van der Waals surface area contributed by atoms with Crippen molar-refractivity contribution in [1.29, 1.82) is 0 Å². The molecule has 0 aliphatic carbocycles. The monoisotopic (exact) mass is 228 g/mol. The molecule has 4 nitrogen and oxygen atoms in total. The van der Waals surface area contributed by atoms with E-state index in [-0.39, 0.29) is 6.29 Å². The van der Waals surface area contributed by atoms with E-state index in [4.69, 9.17) is 9.47 Å². The van der Waals surface area contributed by atoms with Crippen LogP contribution in [0, 0.1) is 0 Å². The van der Waals surface area contributed by atoms with Crippen molar-refractivity contribution in [1.82, 2.24) is 10.2 Å². The van der Waals surface area contributed by atoms with Crippen LogP contribution in [0.4, 0.5) is 0 Å². The third-order valence-electron chi connectivity index (χ3n) is 3.53. The Morgan fingerprint density at radius 3 is 3.00 bits per heavy atom. The van der Waals surface area contributed by atoms with E-state index < -0.39 is 0 Å². The highest BCUT2D eigenvalue weighted by atomic mass is 16.7. The van der Waals surface area contributed by atoms with Gasteiger partial charge in [-0.05, 0) is 39.3 Å². The number of hydrogen-bond donors (Lipinski definition) is 1. The molecule has 0 aromatic heterocycles. The molecule has 0 bridgehead atoms. The van der Waals surface area contributed by atoms with Crippen LogP contribution >= 0.6 is 0 Å². The van der Waals surface area contributed by atoms with Crippen LogP contribution in [0.3, 0.4) is 0 Å². The lowest BCUT2D eigenvalue weighted by Crippen LogP contribution is -2.32. The summed E-state index contributed by atoms with van der Waals surface area (Å²) in [4.78, 5) is 2.46. The molecule has 2 heterocycles. The molecule has 2 unspecified atom stereocenters. The Morgan fingerprint density at radius 1 is 1.38 bits per heavy atom. The Hall–Kier alpha value is -0.160. The summed E-state index contributed by atoms with van der Waals surface area (Å²) in [5.74, 6) is 0. The summed E-state index contributed by atoms with van der Waals surface area (Å²) >= 11 is 0. The lowest BCUT2D eigenvalue weighted by Gasteiger charge is -2.24. The van der Waals surface area contributed by atoms with Gasteiger partial charge in [-0.3, -0.25) is 4.90 Å². The molecule has 2 aliphatic rings. The predicted octanol–water partition coefficient (Wildman–Crippen LogP) is 0.823. The van der Waals surface area contributed by atoms with E-state index >= 15 is 0 Å². The first-order valence-electron chi connectivity index (χ1n) is 6.51. The number of nitrogens with one attached hydrogen (secondary N) is 1. The average molecular weight is 228 g/mol. The molecule has 16 heavy (non-hydrogen) atoms. The fourth-order valence-corrected chi connectivity index (χ4v) is 2.43. The van der Waals surface area contributed by atoms with Crippen LogP contribution in [0.1, 0.15) is 25.7 Å². The fourth-order valence-electron chi connectivity index (χ4n) is 2.43. The van der Waals surface area contributed by atoms with Gasteiger partial charge in [0.05, 0.1) is 6.61 Å². The Balaban J connectivity index is 1.54. The number of likely N-dealkylation sites (N-methyl/N-ethyl adjacent to an activating group) is 1. The Labute approximate surface area is 98.3 Å². The summed E-state index contributed by atoms with van der Waals surface area (Å²) < 4.78 is 11.3. The highest BCUT2D eigenvalue weighted by molar-refractivity contribution is 4.79. The zero-order valence-corrected chi connectivity index (χ0v) is 10.3. The van der Waals surface area contributed by atoms with Gasteiger partial charge in [-0.15, -0.1) is 0 Å². The molecule has 2 fully saturated rings. The average Bonchev–Trinajstić information content (AvgIpc) is 2.78. The Bertz CT molecular complexity index is 195. The summed E-state index contributed by atoms with van der Waals surface area (Å²) in [6, 6.07) is 0.672. The van der Waals surface area contributed by atoms with Gasteiger partial charge in [-0.1, -0.05) is 0 Å². The van der Waals surface area contributed by atoms with Crippen molar-refractivity contribution in [3.8, 4) is 0 Å². The minimum Gasteiger partial charge on any atom is -0.353 e. The van der Waals surface area contributed by atoms with Gasteiger partial charge in [0.1, 0.15) is 0 Å². The Morgan fingerprint density at radius 2 is 2.31 bits per heavy atom. The molecule has 0 spiro atoms. The largest absolute Gasteiger partial charge is 0.353 e. The van der Waals surface area contributed by atoms with Crippen molar-refractivity contribution in [2.24, 2.45) is 0 Å². The summed E-state index contributed by atoms with van der Waals surface area (Å²) in [5.41, 5.74) is 0. The van der Waals surface area contributed by atoms with Gasteiger partial charge in [0.25, 0.3) is 0 Å². The van der Waals surface area contributed by atoms with E-state index in [2.05, 4.69) is 10.2 Å². The minimum absolute atomic E-state index is 0.0662. The number of ether oxygens (including phenoxy) is 2. The van der Waals surface area contributed by atoms with Gasteiger partial charge < -0.3 is 14.8 Å². The zero-order chi connectivity index (χ0) is 11.2. The lowest BCUT2D eigenvalue weighted by molar-refractivity contribution is -0.163. The molecule has 0 radical (unpaired) electrons. The van der Waals surface area contributed by atoms with Gasteiger partial charge in [0.15, 0.2) is 6.29 Å². The van der Waals surface area contributed by atoms with Gasteiger partial charge in [0, 0.05) is 25.7 Å². The summed E-state index contributed by atoms with van der Waals surface area (Å²) in [7, 11) is 2.04. The van der Waals surface area contributed by atoms with Crippen LogP contribution in [0.2, 0.25) is 0 Å². The molecule has 4 heteroatoms. The second-order valence-electron chi connectivity index (χ2n) is 4.74. The lowest BCUT2D eigenvalue weighted by atomic mass is 10.2. The SMILES string of the molecule is CNC1CCN(CCOC2CCCCO2)C1. The van der Waals surface area contributed by atoms with Crippen molar-refractivity contribution in [3.05, 3.63) is 0 Å². The predicted molar refractivity (Wildman–Crippen MR) is 63.4 cm³/mol. The smallest absolute Gasteiger partial charge is 0.157 e. The van der Waals surface area contributed by atoms with Crippen molar-refractivity contribution in [3.63, 3.8) is 0 Å². The summed E-state index contributed by atoms with van der Waals surface area (Å²) in [6.07, 6.45) is 4.83. The van der Waals surface area contributed by atoms with Crippen molar-refractivity contribution in [2.75, 3.05) is 39.9 Å². The number of nitrogens with zero attached hydrogens (tertiary/aromatic N) is 1. The molecular formula is C12H24N2O2. The molecule has 2 aliphatic heterocycles. The second-order valence-corrected chi connectivity index (χ2v) is 4.74. The molecule has 2 saturated heterocycles. The van der Waals surface area contributed by atoms with Crippen molar-refractivity contribution >= 4 is 0 Å². The van der Waals surface area contributed by atoms with Crippen LogP contribution in [0.15, 0.2) is 0 Å². The molecular weight excluding hydrogens is 204 g/mol. The van der Waals surface area contributed by atoms with Crippen LogP contribution in [-0.2, 0) is 9.47 Å². The van der Waals surface area contributed by atoms with Crippen molar-refractivity contribution in [2.45, 2.75) is 38.0 Å². The molecule has 1 N–H and O–H groups in total. The normalized spacial score (nSPS) is 32.1. The molecule has 94 valence electrons. The highest BCUT2D eigenvalue weighted by Crippen LogP contribution is 2.14. The summed E-state index contributed by atoms with van der Waals surface area (Å²) in [5, 5.41) is 3.33. The van der Waals surface area contributed by atoms with Crippen LogP contribution in [0.5, 0.6) is 0 Å². The second kappa shape index (κ2) is 6.55. The number of likely N-dealkylation sites (tertiary alicyclic amines) is 1. The molecule has 0 amide bonds. The van der Waals surface area contributed by atoms with Crippen LogP contribution in [-0.4, -0.2) is 57.1 Å². The van der Waals surface area contributed by atoms with E-state index in [1.54, 1.807) is 0 Å². The van der Waals surface area contributed by atoms with Crippen molar-refractivity contribution < 1.29 is 9.47 Å². The molecule has 2 atom stereocenters. The first kappa shape index (κ1) is 12.3. The quantitative estimate of drug-likeness (QED) is 0.755. The van der Waals surface area contributed by atoms with Crippen LogP contribution in [0.25, 0.3) is 0 Å². The topological polar surface area (TPSA) is 33.7 Å². The van der Waals surface area contributed by atoms with Gasteiger partial charge in [0.2, 0.25) is 0 Å². The van der Waals surface area contributed by atoms with E-state index in [0.29, 0.717) is 6.04 Å². The Kier molecular flexibility index (Phi) is 5.03. The van der Waals surface area contributed by atoms with Crippen LogP contribution < -0.4 is 5.32 Å². The first-order chi connectivity index (χ1) is 7.88. The fraction of sp³-hybridized carbons (Fsp3) is 1.00.